The molecule has 1 aromatic carbocycles. The van der Waals surface area contributed by atoms with Crippen LogP contribution in [0.15, 0.2) is 36.0 Å². The number of hydrogen-bond acceptors (Lipinski definition) is 5. The molecule has 6 nitrogen and oxygen atoms in total. The molecule has 2 aromatic rings. The van der Waals surface area contributed by atoms with Gasteiger partial charge in [0.1, 0.15) is 5.82 Å². The average Bonchev–Trinajstić information content (AvgIpc) is 3.41. The van der Waals surface area contributed by atoms with E-state index < -0.39 is 28.2 Å². The Bertz CT molecular complexity index is 1370. The quantitative estimate of drug-likeness (QED) is 0.384. The minimum absolute atomic E-state index is 0.00745. The lowest BCUT2D eigenvalue weighted by Crippen LogP contribution is -2.63. The molecule has 3 saturated carbocycles. The van der Waals surface area contributed by atoms with Crippen LogP contribution in [-0.2, 0) is 20.7 Å². The molecular weight excluding hydrogens is 515 g/mol. The molecule has 0 aliphatic heterocycles. The van der Waals surface area contributed by atoms with Crippen molar-refractivity contribution in [2.75, 3.05) is 0 Å². The summed E-state index contributed by atoms with van der Waals surface area (Å²) in [7, 11) is 0. The zero-order valence-electron chi connectivity index (χ0n) is 23.0. The van der Waals surface area contributed by atoms with E-state index in [1.54, 1.807) is 19.1 Å². The highest BCUT2D eigenvalue weighted by atomic mass is 32.1. The number of hydrogen-bond donors (Lipinski definition) is 2. The number of esters is 1. The number of halogens is 1. The lowest BCUT2D eigenvalue weighted by Gasteiger charge is -2.61. The molecule has 0 bridgehead atoms. The molecule has 8 atom stereocenters. The first-order valence-corrected chi connectivity index (χ1v) is 14.6. The Morgan fingerprint density at radius 2 is 1.97 bits per heavy atom. The molecule has 1 heterocycles. The van der Waals surface area contributed by atoms with Crippen LogP contribution in [0.3, 0.4) is 0 Å². The van der Waals surface area contributed by atoms with E-state index in [0.29, 0.717) is 12.8 Å². The minimum Gasteiger partial charge on any atom is -0.449 e. The summed E-state index contributed by atoms with van der Waals surface area (Å²) in [6.07, 6.45) is 6.92. The van der Waals surface area contributed by atoms with E-state index in [4.69, 9.17) is 4.74 Å². The fourth-order valence-corrected chi connectivity index (χ4v) is 9.64. The van der Waals surface area contributed by atoms with Gasteiger partial charge in [0.25, 0.3) is 0 Å². The van der Waals surface area contributed by atoms with Crippen LogP contribution < -0.4 is 0 Å². The van der Waals surface area contributed by atoms with E-state index in [0.717, 1.165) is 36.2 Å². The summed E-state index contributed by atoms with van der Waals surface area (Å²) in [4.78, 5) is 25.5. The lowest BCUT2D eigenvalue weighted by molar-refractivity contribution is -0.197. The molecule has 4 aliphatic carbocycles. The maximum absolute atomic E-state index is 13.6. The van der Waals surface area contributed by atoms with Crippen LogP contribution in [0.1, 0.15) is 71.1 Å². The summed E-state index contributed by atoms with van der Waals surface area (Å²) in [5, 5.41) is 16.2. The van der Waals surface area contributed by atoms with E-state index >= 15 is 0 Å². The van der Waals surface area contributed by atoms with Gasteiger partial charge in [0.05, 0.1) is 23.7 Å². The number of aromatic nitrogens is 2. The lowest BCUT2D eigenvalue weighted by atomic mass is 9.44. The highest BCUT2D eigenvalue weighted by Crippen LogP contribution is 2.69. The predicted molar refractivity (Wildman–Crippen MR) is 149 cm³/mol. The first-order chi connectivity index (χ1) is 18.4. The summed E-state index contributed by atoms with van der Waals surface area (Å²) in [5.41, 5.74) is 1.99. The number of thiol groups is 1. The van der Waals surface area contributed by atoms with Gasteiger partial charge in [0.2, 0.25) is 5.12 Å². The van der Waals surface area contributed by atoms with Crippen molar-refractivity contribution >= 4 is 29.8 Å². The Labute approximate surface area is 234 Å². The van der Waals surface area contributed by atoms with Crippen LogP contribution in [0.2, 0.25) is 0 Å². The molecule has 0 unspecified atom stereocenters. The maximum Gasteiger partial charge on any atom is 0.306 e. The van der Waals surface area contributed by atoms with Crippen molar-refractivity contribution in [3.05, 3.63) is 53.1 Å². The van der Waals surface area contributed by atoms with E-state index in [-0.39, 0.29) is 41.3 Å². The number of carbonyl (C=O) groups is 2. The highest BCUT2D eigenvalue weighted by Gasteiger charge is 2.70. The van der Waals surface area contributed by atoms with Crippen molar-refractivity contribution in [3.63, 3.8) is 0 Å². The molecule has 6 rings (SSSR count). The molecule has 0 saturated heterocycles. The fraction of sp³-hybridized carbons (Fsp3) is 0.581. The Morgan fingerprint density at radius 1 is 1.26 bits per heavy atom. The zero-order valence-corrected chi connectivity index (χ0v) is 23.9. The molecule has 39 heavy (non-hydrogen) atoms. The van der Waals surface area contributed by atoms with Gasteiger partial charge in [-0.2, -0.15) is 5.10 Å². The Morgan fingerprint density at radius 3 is 2.64 bits per heavy atom. The molecule has 0 spiro atoms. The molecule has 0 radical (unpaired) electrons. The summed E-state index contributed by atoms with van der Waals surface area (Å²) in [6, 6.07) is 6.37. The summed E-state index contributed by atoms with van der Waals surface area (Å²) < 4.78 is 21.4. The van der Waals surface area contributed by atoms with Crippen molar-refractivity contribution in [1.82, 2.24) is 9.78 Å². The average molecular weight is 553 g/mol. The Hall–Kier alpha value is -2.45. The number of benzene rings is 1. The number of rotatable bonds is 4. The summed E-state index contributed by atoms with van der Waals surface area (Å²) >= 11 is 4.25. The Kier molecular flexibility index (Phi) is 6.20. The third-order valence-corrected chi connectivity index (χ3v) is 11.2. The number of fused-ring (bicyclic) bond motifs is 6. The monoisotopic (exact) mass is 552 g/mol. The third-order valence-electron chi connectivity index (χ3n) is 10.9. The van der Waals surface area contributed by atoms with Gasteiger partial charge in [0, 0.05) is 11.8 Å². The van der Waals surface area contributed by atoms with Crippen LogP contribution >= 0.6 is 12.6 Å². The minimum atomic E-state index is -1.31. The summed E-state index contributed by atoms with van der Waals surface area (Å²) in [6.45, 7) is 8.29. The second-order valence-corrected chi connectivity index (χ2v) is 13.2. The normalized spacial score (nSPS) is 38.6. The van der Waals surface area contributed by atoms with E-state index in [1.807, 2.05) is 17.8 Å². The topological polar surface area (TPSA) is 81.4 Å². The smallest absolute Gasteiger partial charge is 0.306 e. The molecule has 8 heteroatoms. The van der Waals surface area contributed by atoms with Gasteiger partial charge in [-0.25, -0.2) is 9.07 Å². The maximum atomic E-state index is 13.6. The largest absolute Gasteiger partial charge is 0.449 e. The zero-order chi connectivity index (χ0) is 27.9. The van der Waals surface area contributed by atoms with Gasteiger partial charge in [0.15, 0.2) is 5.60 Å². The van der Waals surface area contributed by atoms with Crippen LogP contribution in [0.5, 0.6) is 0 Å². The predicted octanol–water partition coefficient (Wildman–Crippen LogP) is 5.56. The van der Waals surface area contributed by atoms with Gasteiger partial charge in [-0.15, -0.1) is 12.6 Å². The van der Waals surface area contributed by atoms with Gasteiger partial charge >= 0.3 is 5.97 Å². The second-order valence-electron chi connectivity index (χ2n) is 12.8. The molecule has 4 aliphatic rings. The van der Waals surface area contributed by atoms with Crippen molar-refractivity contribution in [2.24, 2.45) is 34.5 Å². The molecule has 208 valence electrons. The van der Waals surface area contributed by atoms with Crippen LogP contribution in [0.25, 0.3) is 11.8 Å². The van der Waals surface area contributed by atoms with E-state index in [1.165, 1.54) is 17.7 Å². The van der Waals surface area contributed by atoms with Gasteiger partial charge in [-0.3, -0.25) is 9.59 Å². The van der Waals surface area contributed by atoms with Crippen LogP contribution in [0.4, 0.5) is 4.39 Å². The number of nitrogens with zero attached hydrogens (tertiary/aromatic N) is 2. The van der Waals surface area contributed by atoms with Crippen molar-refractivity contribution in [1.29, 1.82) is 0 Å². The van der Waals surface area contributed by atoms with Gasteiger partial charge in [-0.1, -0.05) is 33.3 Å². The first kappa shape index (κ1) is 26.8. The number of allylic oxidation sites excluding steroid dienone is 1. The van der Waals surface area contributed by atoms with Crippen LogP contribution in [0, 0.1) is 40.3 Å². The highest BCUT2D eigenvalue weighted by molar-refractivity contribution is 7.96. The Balaban J connectivity index is 1.39. The van der Waals surface area contributed by atoms with Crippen molar-refractivity contribution < 1.29 is 23.8 Å². The van der Waals surface area contributed by atoms with Crippen LogP contribution in [-0.4, -0.2) is 37.7 Å². The molecular formula is C31H37FN2O4S. The number of aliphatic hydroxyl groups is 1. The third kappa shape index (κ3) is 3.66. The van der Waals surface area contributed by atoms with Crippen molar-refractivity contribution in [2.45, 2.75) is 77.9 Å². The number of aliphatic hydroxyl groups excluding tert-OH is 1. The van der Waals surface area contributed by atoms with Crippen molar-refractivity contribution in [3.8, 4) is 5.69 Å². The van der Waals surface area contributed by atoms with Gasteiger partial charge < -0.3 is 9.84 Å². The SMILES string of the molecule is CCC(=O)O[C@]1(C(=O)S)CC[C@H]2[C@@H]3C[C@H](C)C4=Cc5c(cnn5-c5ccc(F)cc5)C[C@]4(C)[C@H]3[C@@H](O)C[C@@]21C. The van der Waals surface area contributed by atoms with E-state index in [9.17, 15) is 19.1 Å². The molecule has 0 amide bonds. The van der Waals surface area contributed by atoms with Gasteiger partial charge in [-0.05, 0) is 97.1 Å². The number of carbonyl (C=O) groups excluding carboxylic acids is 2. The van der Waals surface area contributed by atoms with E-state index in [2.05, 4.69) is 37.7 Å². The molecule has 1 aromatic heterocycles. The second kappa shape index (κ2) is 9.03. The fourth-order valence-electron chi connectivity index (χ4n) is 9.23. The number of ether oxygens (including phenoxy) is 1. The molecule has 3 fully saturated rings. The summed E-state index contributed by atoms with van der Waals surface area (Å²) in [5.74, 6) is -0.0993. The standard InChI is InChI=1S/C31H37FN2O4S/c1-5-26(36)38-31(28(37)39)11-10-22-21-12-17(2)23-13-24-18(16-33-34(24)20-8-6-19(32)7-9-20)14-29(23,3)27(21)25(35)15-30(22,31)4/h6-9,13,16-17,21-22,25,27,35H,5,10-12,14-15H2,1-4H3,(H,37,39)/t17-,21-,22-,25-,27+,29-,30-,31-/m0/s1. The molecule has 1 N–H and O–H groups in total. The first-order valence-electron chi connectivity index (χ1n) is 14.1.